The first-order valence-corrected chi connectivity index (χ1v) is 14.4. The molecule has 0 aliphatic carbocycles. The second-order valence-corrected chi connectivity index (χ2v) is 11.5. The molecule has 0 spiro atoms. The van der Waals surface area contributed by atoms with Gasteiger partial charge in [0.05, 0.1) is 29.6 Å². The van der Waals surface area contributed by atoms with Crippen molar-refractivity contribution in [2.24, 2.45) is 7.05 Å². The van der Waals surface area contributed by atoms with Gasteiger partial charge in [0, 0.05) is 80.5 Å². The molecule has 2 aliphatic heterocycles. The van der Waals surface area contributed by atoms with Crippen molar-refractivity contribution in [3.05, 3.63) is 70.0 Å². The Labute approximate surface area is 248 Å². The number of benzene rings is 1. The third kappa shape index (κ3) is 6.40. The van der Waals surface area contributed by atoms with Gasteiger partial charge in [-0.3, -0.25) is 14.5 Å². The summed E-state index contributed by atoms with van der Waals surface area (Å²) >= 11 is 0. The van der Waals surface area contributed by atoms with Crippen LogP contribution in [0.2, 0.25) is 0 Å². The van der Waals surface area contributed by atoms with Crippen molar-refractivity contribution in [3.63, 3.8) is 0 Å². The zero-order valence-electron chi connectivity index (χ0n) is 25.0. The van der Waals surface area contributed by atoms with Crippen LogP contribution in [0.3, 0.4) is 0 Å². The Bertz CT molecular complexity index is 1530. The minimum atomic E-state index is -3.03. The fourth-order valence-corrected chi connectivity index (χ4v) is 5.71. The molecule has 1 unspecified atom stereocenters. The lowest BCUT2D eigenvalue weighted by Crippen LogP contribution is -2.55. The van der Waals surface area contributed by atoms with E-state index in [1.165, 1.54) is 19.2 Å². The van der Waals surface area contributed by atoms with Crippen LogP contribution in [0, 0.1) is 5.82 Å². The lowest BCUT2D eigenvalue weighted by atomic mass is 10.0. The molecule has 1 aromatic carbocycles. The van der Waals surface area contributed by atoms with E-state index in [9.17, 15) is 18.4 Å². The molecule has 0 radical (unpaired) electrons. The Morgan fingerprint density at radius 1 is 1.05 bits per heavy atom. The van der Waals surface area contributed by atoms with Crippen molar-refractivity contribution >= 4 is 23.1 Å². The van der Waals surface area contributed by atoms with Crippen molar-refractivity contribution in [3.8, 4) is 11.1 Å². The summed E-state index contributed by atoms with van der Waals surface area (Å²) in [4.78, 5) is 36.4. The van der Waals surface area contributed by atoms with Crippen LogP contribution < -0.4 is 20.7 Å². The number of nitrogens with one attached hydrogen (secondary N) is 1. The van der Waals surface area contributed by atoms with Crippen LogP contribution in [0.25, 0.3) is 11.1 Å². The molecule has 2 aromatic heterocycles. The minimum absolute atomic E-state index is 0.0732. The predicted octanol–water partition coefficient (Wildman–Crippen LogP) is 4.53. The van der Waals surface area contributed by atoms with E-state index in [0.717, 1.165) is 22.6 Å². The lowest BCUT2D eigenvalue weighted by Gasteiger charge is -2.44. The Morgan fingerprint density at radius 2 is 1.77 bits per heavy atom. The van der Waals surface area contributed by atoms with Crippen molar-refractivity contribution in [2.75, 3.05) is 55.0 Å². The number of aryl methyl sites for hydroxylation is 1. The number of hydrogen-bond acceptors (Lipinski definition) is 7. The molecule has 3 aromatic rings. The van der Waals surface area contributed by atoms with E-state index in [1.54, 1.807) is 12.3 Å². The number of piperazine rings is 1. The van der Waals surface area contributed by atoms with Crippen LogP contribution in [0.15, 0.2) is 47.5 Å². The monoisotopic (exact) mass is 598 g/mol. The summed E-state index contributed by atoms with van der Waals surface area (Å²) in [6, 6.07) is 7.54. The molecule has 1 amide bonds. The van der Waals surface area contributed by atoms with Gasteiger partial charge in [0.2, 0.25) is 0 Å². The number of pyridine rings is 2. The average molecular weight is 599 g/mol. The van der Waals surface area contributed by atoms with Gasteiger partial charge in [0.15, 0.2) is 0 Å². The van der Waals surface area contributed by atoms with Gasteiger partial charge >= 0.3 is 0 Å². The van der Waals surface area contributed by atoms with Gasteiger partial charge in [-0.05, 0) is 52.1 Å². The minimum Gasteiger partial charge on any atom is -0.375 e. The van der Waals surface area contributed by atoms with E-state index in [-0.39, 0.29) is 35.0 Å². The van der Waals surface area contributed by atoms with Crippen LogP contribution in [-0.2, 0) is 11.8 Å². The second-order valence-electron chi connectivity index (χ2n) is 11.5. The number of amides is 1. The van der Waals surface area contributed by atoms with Gasteiger partial charge in [0.25, 0.3) is 17.9 Å². The molecule has 3 atom stereocenters. The van der Waals surface area contributed by atoms with Crippen LogP contribution in [-0.4, -0.2) is 78.4 Å². The van der Waals surface area contributed by atoms with E-state index in [0.29, 0.717) is 44.0 Å². The highest BCUT2D eigenvalue weighted by atomic mass is 19.3. The molecular formula is C31H37F3N6O3. The maximum Gasteiger partial charge on any atom is 0.264 e. The van der Waals surface area contributed by atoms with Crippen molar-refractivity contribution in [2.45, 2.75) is 45.4 Å². The molecule has 230 valence electrons. The Kier molecular flexibility index (Phi) is 8.79. The highest BCUT2D eigenvalue weighted by Gasteiger charge is 2.30. The van der Waals surface area contributed by atoms with E-state index in [4.69, 9.17) is 4.74 Å². The van der Waals surface area contributed by atoms with Gasteiger partial charge in [0.1, 0.15) is 11.6 Å². The first-order chi connectivity index (χ1) is 20.4. The van der Waals surface area contributed by atoms with E-state index in [2.05, 4.69) is 33.9 Å². The fourth-order valence-electron chi connectivity index (χ4n) is 5.71. The highest BCUT2D eigenvalue weighted by molar-refractivity contribution is 6.07. The number of carbonyl (C=O) groups is 1. The lowest BCUT2D eigenvalue weighted by molar-refractivity contribution is 0.0529. The molecule has 5 rings (SSSR count). The SMILES string of the molecule is CC1CN(c2ccc(-c3cc(NC(=O)c4cn(C)c(=O)cc4C(F)F)c(N4C[C@@H](C)N(C)[C@@H](C)C4)cc3F)cn2)CCO1. The summed E-state index contributed by atoms with van der Waals surface area (Å²) in [6.07, 6.45) is -0.278. The number of alkyl halides is 2. The van der Waals surface area contributed by atoms with E-state index >= 15 is 4.39 Å². The predicted molar refractivity (Wildman–Crippen MR) is 161 cm³/mol. The van der Waals surface area contributed by atoms with Gasteiger partial charge in [-0.25, -0.2) is 18.2 Å². The first kappa shape index (κ1) is 30.6. The molecule has 4 heterocycles. The largest absolute Gasteiger partial charge is 0.375 e. The normalized spacial score (nSPS) is 21.4. The molecule has 0 bridgehead atoms. The number of ether oxygens (including phenoxy) is 1. The van der Waals surface area contributed by atoms with Gasteiger partial charge < -0.3 is 24.4 Å². The zero-order valence-corrected chi connectivity index (χ0v) is 25.0. The van der Waals surface area contributed by atoms with Crippen molar-refractivity contribution in [1.29, 1.82) is 0 Å². The summed E-state index contributed by atoms with van der Waals surface area (Å²) in [5, 5.41) is 2.76. The number of rotatable bonds is 6. The quantitative estimate of drug-likeness (QED) is 0.447. The maximum atomic E-state index is 15.8. The summed E-state index contributed by atoms with van der Waals surface area (Å²) in [5.74, 6) is -0.578. The molecule has 2 saturated heterocycles. The van der Waals surface area contributed by atoms with Gasteiger partial charge in [-0.15, -0.1) is 0 Å². The van der Waals surface area contributed by atoms with Gasteiger partial charge in [-0.2, -0.15) is 0 Å². The summed E-state index contributed by atoms with van der Waals surface area (Å²) in [6.45, 7) is 9.24. The third-order valence-electron chi connectivity index (χ3n) is 8.40. The first-order valence-electron chi connectivity index (χ1n) is 14.4. The van der Waals surface area contributed by atoms with Crippen LogP contribution in [0.1, 0.15) is 43.1 Å². The Hall–Kier alpha value is -3.90. The van der Waals surface area contributed by atoms with Gasteiger partial charge in [-0.1, -0.05) is 0 Å². The fraction of sp³-hybridized carbons (Fsp3) is 0.452. The zero-order chi connectivity index (χ0) is 31.0. The van der Waals surface area contributed by atoms with E-state index in [1.807, 2.05) is 24.9 Å². The maximum absolute atomic E-state index is 15.8. The number of anilines is 3. The Morgan fingerprint density at radius 3 is 2.40 bits per heavy atom. The van der Waals surface area contributed by atoms with Crippen LogP contribution >= 0.6 is 0 Å². The van der Waals surface area contributed by atoms with Crippen molar-refractivity contribution < 1.29 is 22.7 Å². The number of nitrogens with zero attached hydrogens (tertiary/aromatic N) is 5. The smallest absolute Gasteiger partial charge is 0.264 e. The number of carbonyl (C=O) groups excluding carboxylic acids is 1. The average Bonchev–Trinajstić information content (AvgIpc) is 2.97. The number of likely N-dealkylation sites (N-methyl/N-ethyl adjacent to an activating group) is 1. The standard InChI is InChI=1S/C31H37F3N6O3/c1-18-14-40(15-19(2)38(18)5)27-12-25(32)22(21-6-7-28(35-13-21)39-8-9-43-20(3)16-39)10-26(27)36-31(42)24-17-37(4)29(41)11-23(24)30(33)34/h6-7,10-13,17-20,30H,8-9,14-16H2,1-5H3,(H,36,42)/t18-,19+,20?. The number of morpholine rings is 1. The molecule has 43 heavy (non-hydrogen) atoms. The highest BCUT2D eigenvalue weighted by Crippen LogP contribution is 2.37. The van der Waals surface area contributed by atoms with Crippen LogP contribution in [0.5, 0.6) is 0 Å². The second kappa shape index (κ2) is 12.4. The Balaban J connectivity index is 1.54. The molecular weight excluding hydrogens is 561 g/mol. The molecule has 0 saturated carbocycles. The third-order valence-corrected chi connectivity index (χ3v) is 8.40. The molecule has 2 fully saturated rings. The topological polar surface area (TPSA) is 82.9 Å². The molecule has 12 heteroatoms. The summed E-state index contributed by atoms with van der Waals surface area (Å²) < 4.78 is 50.2. The molecule has 9 nitrogen and oxygen atoms in total. The van der Waals surface area contributed by atoms with E-state index < -0.39 is 29.3 Å². The molecule has 2 aliphatic rings. The number of hydrogen-bond donors (Lipinski definition) is 1. The summed E-state index contributed by atoms with van der Waals surface area (Å²) in [5.41, 5.74) is -0.233. The summed E-state index contributed by atoms with van der Waals surface area (Å²) in [7, 11) is 3.41. The van der Waals surface area contributed by atoms with Crippen LogP contribution in [0.4, 0.5) is 30.4 Å². The number of aromatic nitrogens is 2. The molecule has 1 N–H and O–H groups in total. The van der Waals surface area contributed by atoms with Crippen molar-refractivity contribution in [1.82, 2.24) is 14.5 Å². The number of halogens is 3.